The molecule has 1 atom stereocenters. The van der Waals surface area contributed by atoms with E-state index in [4.69, 9.17) is 11.6 Å². The van der Waals surface area contributed by atoms with E-state index in [9.17, 15) is 9.59 Å². The van der Waals surface area contributed by atoms with Gasteiger partial charge in [0, 0.05) is 48.5 Å². The highest BCUT2D eigenvalue weighted by Gasteiger charge is 2.33. The summed E-state index contributed by atoms with van der Waals surface area (Å²) in [7, 11) is 0. The summed E-state index contributed by atoms with van der Waals surface area (Å²) in [6.45, 7) is 8.89. The third-order valence-corrected chi connectivity index (χ3v) is 7.21. The van der Waals surface area contributed by atoms with Crippen molar-refractivity contribution in [1.82, 2.24) is 4.90 Å². The Morgan fingerprint density at radius 3 is 2.31 bits per heavy atom. The zero-order valence-corrected chi connectivity index (χ0v) is 21.6. The lowest BCUT2D eigenvalue weighted by Gasteiger charge is -2.41. The average Bonchev–Trinajstić information content (AvgIpc) is 2.98. The number of carbonyl (C=O) groups excluding carboxylic acids is 2. The first kappa shape index (κ1) is 24.3. The molecule has 2 heterocycles. The predicted molar refractivity (Wildman–Crippen MR) is 146 cm³/mol. The molecular formula is C29H31ClN4O2. The summed E-state index contributed by atoms with van der Waals surface area (Å²) in [5.41, 5.74) is 4.91. The number of anilines is 3. The maximum absolute atomic E-state index is 12.9. The molecule has 0 aliphatic carbocycles. The molecule has 0 saturated carbocycles. The number of rotatable bonds is 3. The zero-order chi connectivity index (χ0) is 25.4. The van der Waals surface area contributed by atoms with Crippen LogP contribution in [0.25, 0.3) is 0 Å². The first-order valence-electron chi connectivity index (χ1n) is 12.3. The van der Waals surface area contributed by atoms with E-state index in [1.807, 2.05) is 75.4 Å². The molecule has 1 saturated heterocycles. The van der Waals surface area contributed by atoms with Gasteiger partial charge in [-0.15, -0.1) is 0 Å². The second kappa shape index (κ2) is 9.60. The van der Waals surface area contributed by atoms with Crippen LogP contribution in [0.3, 0.4) is 0 Å². The van der Waals surface area contributed by atoms with Gasteiger partial charge >= 0.3 is 0 Å². The predicted octanol–water partition coefficient (Wildman–Crippen LogP) is 5.80. The number of para-hydroxylation sites is 1. The topological polar surface area (TPSA) is 64.7 Å². The van der Waals surface area contributed by atoms with E-state index < -0.39 is 5.41 Å². The number of benzene rings is 3. The molecule has 5 rings (SSSR count). The molecule has 1 fully saturated rings. The van der Waals surface area contributed by atoms with Crippen LogP contribution in [0.4, 0.5) is 17.1 Å². The Bertz CT molecular complexity index is 1310. The Kier molecular flexibility index (Phi) is 6.49. The second-order valence-corrected chi connectivity index (χ2v) is 10.8. The number of nitrogens with zero attached hydrogens (tertiary/aromatic N) is 2. The number of carbonyl (C=O) groups is 2. The van der Waals surface area contributed by atoms with Crippen molar-refractivity contribution in [1.29, 1.82) is 0 Å². The summed E-state index contributed by atoms with van der Waals surface area (Å²) in [4.78, 5) is 30.0. The average molecular weight is 503 g/mol. The van der Waals surface area contributed by atoms with Gasteiger partial charge in [-0.3, -0.25) is 14.5 Å². The lowest BCUT2D eigenvalue weighted by atomic mass is 9.93. The van der Waals surface area contributed by atoms with Gasteiger partial charge in [-0.1, -0.05) is 68.8 Å². The number of hydrogen-bond acceptors (Lipinski definition) is 4. The lowest BCUT2D eigenvalue weighted by Crippen LogP contribution is -2.48. The molecule has 2 aliphatic heterocycles. The van der Waals surface area contributed by atoms with Gasteiger partial charge in [0.05, 0.1) is 16.8 Å². The zero-order valence-electron chi connectivity index (χ0n) is 20.8. The molecule has 0 bridgehead atoms. The smallest absolute Gasteiger partial charge is 0.256 e. The fraction of sp³-hybridized carbons (Fsp3) is 0.310. The van der Waals surface area contributed by atoms with Crippen LogP contribution in [0, 0.1) is 5.41 Å². The number of halogens is 1. The van der Waals surface area contributed by atoms with E-state index in [1.54, 1.807) is 0 Å². The van der Waals surface area contributed by atoms with Crippen LogP contribution < -0.4 is 15.5 Å². The summed E-state index contributed by atoms with van der Waals surface area (Å²) in [6, 6.07) is 21.7. The third-order valence-electron chi connectivity index (χ3n) is 6.91. The van der Waals surface area contributed by atoms with Crippen molar-refractivity contribution in [3.8, 4) is 0 Å². The quantitative estimate of drug-likeness (QED) is 0.475. The van der Waals surface area contributed by atoms with Gasteiger partial charge in [0.2, 0.25) is 5.91 Å². The van der Waals surface area contributed by atoms with Gasteiger partial charge in [-0.25, -0.2) is 0 Å². The summed E-state index contributed by atoms with van der Waals surface area (Å²) in [5.74, 6) is -0.110. The molecule has 36 heavy (non-hydrogen) atoms. The number of hydrogen-bond donors (Lipinski definition) is 2. The van der Waals surface area contributed by atoms with Crippen molar-refractivity contribution in [3.05, 3.63) is 88.4 Å². The number of amides is 2. The molecule has 3 aromatic carbocycles. The molecule has 6 nitrogen and oxygen atoms in total. The Balaban J connectivity index is 1.36. The van der Waals surface area contributed by atoms with Crippen LogP contribution >= 0.6 is 11.6 Å². The fourth-order valence-corrected chi connectivity index (χ4v) is 5.22. The Hall–Kier alpha value is -3.35. The molecule has 186 valence electrons. The largest absolute Gasteiger partial charge is 0.368 e. The highest BCUT2D eigenvalue weighted by atomic mass is 35.5. The number of nitrogens with one attached hydrogen (secondary N) is 2. The number of fused-ring (bicyclic) bond motifs is 2. The molecule has 0 spiro atoms. The normalized spacial score (nSPS) is 18.1. The minimum Gasteiger partial charge on any atom is -0.368 e. The van der Waals surface area contributed by atoms with Crippen LogP contribution in [0.2, 0.25) is 5.02 Å². The Labute approximate surface area is 217 Å². The van der Waals surface area contributed by atoms with Crippen molar-refractivity contribution >= 4 is 40.5 Å². The van der Waals surface area contributed by atoms with Crippen LogP contribution in [0.15, 0.2) is 66.7 Å². The summed E-state index contributed by atoms with van der Waals surface area (Å²) in [5, 5.41) is 6.66. The maximum atomic E-state index is 12.9. The van der Waals surface area contributed by atoms with E-state index in [0.29, 0.717) is 10.7 Å². The lowest BCUT2D eigenvalue weighted by molar-refractivity contribution is -0.123. The Morgan fingerprint density at radius 2 is 1.61 bits per heavy atom. The summed E-state index contributed by atoms with van der Waals surface area (Å²) < 4.78 is 0. The van der Waals surface area contributed by atoms with Gasteiger partial charge in [0.1, 0.15) is 0 Å². The van der Waals surface area contributed by atoms with Crippen LogP contribution in [0.5, 0.6) is 0 Å². The van der Waals surface area contributed by atoms with Crippen molar-refractivity contribution in [2.24, 2.45) is 5.41 Å². The molecule has 1 unspecified atom stereocenters. The van der Waals surface area contributed by atoms with Gasteiger partial charge in [-0.05, 0) is 41.5 Å². The van der Waals surface area contributed by atoms with Gasteiger partial charge in [0.25, 0.3) is 5.91 Å². The highest BCUT2D eigenvalue weighted by molar-refractivity contribution is 6.33. The summed E-state index contributed by atoms with van der Waals surface area (Å²) >= 11 is 6.66. The SMILES string of the molecule is CC(C)(C)C(=O)Nc1ccc(N2CCN(C3c4ccccc4NC(=O)c4ccccc43)CC2)c(Cl)c1. The molecule has 3 aromatic rings. The number of piperazine rings is 1. The van der Waals surface area contributed by atoms with Crippen molar-refractivity contribution < 1.29 is 9.59 Å². The monoisotopic (exact) mass is 502 g/mol. The third kappa shape index (κ3) is 4.71. The molecule has 2 amide bonds. The van der Waals surface area contributed by atoms with Gasteiger partial charge < -0.3 is 15.5 Å². The van der Waals surface area contributed by atoms with Crippen LogP contribution in [-0.2, 0) is 4.79 Å². The molecule has 2 aliphatic rings. The molecule has 2 N–H and O–H groups in total. The van der Waals surface area contributed by atoms with E-state index >= 15 is 0 Å². The minimum absolute atomic E-state index is 0.0102. The molecular weight excluding hydrogens is 472 g/mol. The van der Waals surface area contributed by atoms with Gasteiger partial charge in [0.15, 0.2) is 0 Å². The van der Waals surface area contributed by atoms with Crippen LogP contribution in [0.1, 0.15) is 48.3 Å². The second-order valence-electron chi connectivity index (χ2n) is 10.4. The van der Waals surface area contributed by atoms with Crippen molar-refractivity contribution in [2.75, 3.05) is 41.7 Å². The molecule has 7 heteroatoms. The first-order chi connectivity index (χ1) is 17.2. The Morgan fingerprint density at radius 1 is 0.944 bits per heavy atom. The van der Waals surface area contributed by atoms with Crippen LogP contribution in [-0.4, -0.2) is 42.9 Å². The minimum atomic E-state index is -0.475. The highest BCUT2D eigenvalue weighted by Crippen LogP contribution is 2.39. The van der Waals surface area contributed by atoms with E-state index in [-0.39, 0.29) is 17.9 Å². The van der Waals surface area contributed by atoms with E-state index in [1.165, 1.54) is 0 Å². The van der Waals surface area contributed by atoms with E-state index in [0.717, 1.165) is 54.2 Å². The van der Waals surface area contributed by atoms with Crippen molar-refractivity contribution in [2.45, 2.75) is 26.8 Å². The first-order valence-corrected chi connectivity index (χ1v) is 12.7. The maximum Gasteiger partial charge on any atom is 0.256 e. The van der Waals surface area contributed by atoms with Gasteiger partial charge in [-0.2, -0.15) is 0 Å². The standard InChI is InChI=1S/C29H31ClN4O2/c1-29(2,3)28(36)31-19-12-13-25(23(30)18-19)33-14-16-34(17-15-33)26-20-8-4-5-9-21(20)27(35)32-24-11-7-6-10-22(24)26/h4-13,18,26H,14-17H2,1-3H3,(H,31,36)(H,32,35). The summed E-state index contributed by atoms with van der Waals surface area (Å²) in [6.07, 6.45) is 0. The van der Waals surface area contributed by atoms with Crippen molar-refractivity contribution in [3.63, 3.8) is 0 Å². The molecule has 0 aromatic heterocycles. The fourth-order valence-electron chi connectivity index (χ4n) is 4.92. The molecule has 0 radical (unpaired) electrons. The van der Waals surface area contributed by atoms with E-state index in [2.05, 4.69) is 32.6 Å².